The topological polar surface area (TPSA) is 88.4 Å². The van der Waals surface area contributed by atoms with E-state index in [1.807, 2.05) is 26.2 Å². The normalized spacial score (nSPS) is 9.68. The Labute approximate surface area is 200 Å². The van der Waals surface area contributed by atoms with Gasteiger partial charge in [-0.3, -0.25) is 0 Å². The van der Waals surface area contributed by atoms with E-state index in [-0.39, 0.29) is 71.4 Å². The molecule has 0 radical (unpaired) electrons. The molecule has 0 atom stereocenters. The molecule has 9 heteroatoms. The molecule has 3 rings (SSSR count). The molecule has 0 unspecified atom stereocenters. The van der Waals surface area contributed by atoms with Crippen LogP contribution in [0.2, 0.25) is 0 Å². The molecule has 0 fully saturated rings. The van der Waals surface area contributed by atoms with Gasteiger partial charge in [-0.05, 0) is 12.5 Å². The van der Waals surface area contributed by atoms with Crippen molar-refractivity contribution >= 4 is 84.3 Å². The second-order valence-corrected chi connectivity index (χ2v) is 5.05. The number of anilines is 3. The van der Waals surface area contributed by atoms with Crippen LogP contribution >= 0.6 is 0 Å². The molecule has 2 heterocycles. The van der Waals surface area contributed by atoms with Gasteiger partial charge in [0, 0.05) is 32.3 Å². The van der Waals surface area contributed by atoms with Crippen molar-refractivity contribution in [2.45, 2.75) is 13.8 Å². The van der Waals surface area contributed by atoms with Crippen LogP contribution in [0, 0.1) is 13.8 Å². The van der Waals surface area contributed by atoms with Gasteiger partial charge < -0.3 is 26.2 Å². The molecule has 25 heavy (non-hydrogen) atoms. The summed E-state index contributed by atoms with van der Waals surface area (Å²) in [6, 6.07) is 5.43. The fourth-order valence-electron chi connectivity index (χ4n) is 2.38. The standard InChI is InChI=1S/C16H13N5O2.Ba.W.H/c1-10-3-4-13(18-9-23)5-14(10)20-16-15-11(2)12(7-22)6-21(15)19-8-17-16;;;/h3-6,8H,1-2H3,(H,18,23)(H,17,19,20);;;/q-2;+2;;-1. The molecular formula is C16H14BaN5O2W-. The minimum absolute atomic E-state index is 0. The van der Waals surface area contributed by atoms with Gasteiger partial charge in [-0.15, -0.1) is 22.9 Å². The first kappa shape index (κ1) is 22.1. The van der Waals surface area contributed by atoms with Crippen molar-refractivity contribution in [3.8, 4) is 0 Å². The fraction of sp³-hybridized carbons (Fsp3) is 0.125. The molecule has 1 amide bonds. The average Bonchev–Trinajstić information content (AvgIpc) is 2.88. The Morgan fingerprint density at radius 2 is 2.00 bits per heavy atom. The number of benzene rings is 1. The summed E-state index contributed by atoms with van der Waals surface area (Å²) in [7, 11) is 0. The van der Waals surface area contributed by atoms with Crippen molar-refractivity contribution in [3.63, 3.8) is 0 Å². The van der Waals surface area contributed by atoms with Gasteiger partial charge in [-0.2, -0.15) is 5.10 Å². The number of aromatic nitrogens is 3. The molecule has 2 aromatic heterocycles. The zero-order valence-electron chi connectivity index (χ0n) is 14.7. The van der Waals surface area contributed by atoms with Crippen LogP contribution in [-0.2, 0) is 30.7 Å². The Morgan fingerprint density at radius 3 is 2.68 bits per heavy atom. The first-order valence-electron chi connectivity index (χ1n) is 6.86. The predicted octanol–water partition coefficient (Wildman–Crippen LogP) is 1.76. The van der Waals surface area contributed by atoms with Crippen LogP contribution in [-0.4, -0.2) is 76.2 Å². The summed E-state index contributed by atoms with van der Waals surface area (Å²) in [5.74, 6) is 0.564. The van der Waals surface area contributed by atoms with Crippen molar-refractivity contribution < 1.29 is 32.1 Å². The Hall–Kier alpha value is -0.960. The maximum atomic E-state index is 11.0. The number of amides is 1. The molecular weight excluding hydrogens is 615 g/mol. The van der Waals surface area contributed by atoms with E-state index in [0.29, 0.717) is 22.6 Å². The smallest absolute Gasteiger partial charge is 1.00 e. The summed E-state index contributed by atoms with van der Waals surface area (Å²) in [6.45, 7) is 3.75. The molecule has 0 aliphatic carbocycles. The Kier molecular flexibility index (Phi) is 8.53. The van der Waals surface area contributed by atoms with Gasteiger partial charge in [0.25, 0.3) is 0 Å². The number of nitrogens with zero attached hydrogens (tertiary/aromatic N) is 3. The molecule has 1 aromatic carbocycles. The van der Waals surface area contributed by atoms with Crippen LogP contribution in [0.5, 0.6) is 0 Å². The van der Waals surface area contributed by atoms with E-state index in [4.69, 9.17) is 0 Å². The van der Waals surface area contributed by atoms with Crippen LogP contribution in [0.4, 0.5) is 17.2 Å². The van der Waals surface area contributed by atoms with Crippen molar-refractivity contribution in [1.29, 1.82) is 0 Å². The van der Waals surface area contributed by atoms with E-state index < -0.39 is 0 Å². The molecule has 3 aromatic rings. The maximum absolute atomic E-state index is 11.0. The first-order valence-corrected chi connectivity index (χ1v) is 6.86. The molecule has 0 aliphatic heterocycles. The van der Waals surface area contributed by atoms with E-state index in [1.165, 1.54) is 6.33 Å². The summed E-state index contributed by atoms with van der Waals surface area (Å²) in [5.41, 5.74) is 4.26. The van der Waals surface area contributed by atoms with Gasteiger partial charge in [0.15, 0.2) is 0 Å². The zero-order chi connectivity index (χ0) is 16.4. The van der Waals surface area contributed by atoms with Crippen molar-refractivity contribution in [1.82, 2.24) is 14.6 Å². The second kappa shape index (κ2) is 9.66. The number of fused-ring (bicyclic) bond motifs is 1. The largest absolute Gasteiger partial charge is 2.00 e. The minimum atomic E-state index is 0. The van der Waals surface area contributed by atoms with E-state index in [2.05, 4.69) is 20.7 Å². The number of carbonyl (C=O) groups excluding carboxylic acids is 2. The molecule has 0 spiro atoms. The molecule has 0 saturated carbocycles. The summed E-state index contributed by atoms with van der Waals surface area (Å²) in [6.07, 6.45) is 6.55. The predicted molar refractivity (Wildman–Crippen MR) is 93.2 cm³/mol. The number of aryl methyl sites for hydroxylation is 2. The van der Waals surface area contributed by atoms with Crippen LogP contribution in [0.25, 0.3) is 5.52 Å². The van der Waals surface area contributed by atoms with Crippen LogP contribution in [0.1, 0.15) is 18.1 Å². The minimum Gasteiger partial charge on any atom is -1.00 e. The van der Waals surface area contributed by atoms with Crippen LogP contribution in [0.3, 0.4) is 0 Å². The number of hydrogen-bond acceptors (Lipinski definition) is 5. The fourth-order valence-corrected chi connectivity index (χ4v) is 2.38. The SMILES string of the molecule is Cc1ccc(N[C-]=O)cc1Nc1ncnn2cc([C-]=O)c(C)c12.[Ba+2].[H-].[W]. The van der Waals surface area contributed by atoms with Gasteiger partial charge in [-0.25, -0.2) is 4.98 Å². The average molecular weight is 629 g/mol. The van der Waals surface area contributed by atoms with Gasteiger partial charge in [-0.1, -0.05) is 25.3 Å². The first-order chi connectivity index (χ1) is 11.1. The van der Waals surface area contributed by atoms with E-state index >= 15 is 0 Å². The summed E-state index contributed by atoms with van der Waals surface area (Å²) in [4.78, 5) is 25.7. The Balaban J connectivity index is 0.00000208. The van der Waals surface area contributed by atoms with Crippen molar-refractivity contribution in [2.75, 3.05) is 10.6 Å². The number of hydrogen-bond donors (Lipinski definition) is 2. The van der Waals surface area contributed by atoms with E-state index in [0.717, 1.165) is 16.8 Å². The quantitative estimate of drug-likeness (QED) is 0.255. The molecule has 124 valence electrons. The van der Waals surface area contributed by atoms with Crippen LogP contribution in [0.15, 0.2) is 30.7 Å². The molecule has 0 saturated heterocycles. The van der Waals surface area contributed by atoms with E-state index in [9.17, 15) is 9.59 Å². The third kappa shape index (κ3) is 4.61. The summed E-state index contributed by atoms with van der Waals surface area (Å²) < 4.78 is 1.58. The number of rotatable bonds is 5. The van der Waals surface area contributed by atoms with Gasteiger partial charge >= 0.3 is 48.9 Å². The molecule has 0 bridgehead atoms. The Morgan fingerprint density at radius 1 is 1.24 bits per heavy atom. The van der Waals surface area contributed by atoms with Crippen molar-refractivity contribution in [2.24, 2.45) is 0 Å². The Bertz CT molecular complexity index is 919. The molecule has 0 aliphatic rings. The summed E-state index contributed by atoms with van der Waals surface area (Å²) >= 11 is 0. The zero-order valence-corrected chi connectivity index (χ0v) is 21.0. The van der Waals surface area contributed by atoms with Gasteiger partial charge in [0.1, 0.15) is 12.1 Å². The van der Waals surface area contributed by atoms with Gasteiger partial charge in [0.05, 0.1) is 12.7 Å². The van der Waals surface area contributed by atoms with Crippen LogP contribution < -0.4 is 10.6 Å². The van der Waals surface area contributed by atoms with Gasteiger partial charge in [0.2, 0.25) is 0 Å². The summed E-state index contributed by atoms with van der Waals surface area (Å²) in [5, 5.41) is 9.81. The third-order valence-corrected chi connectivity index (χ3v) is 3.62. The van der Waals surface area contributed by atoms with Crippen molar-refractivity contribution in [3.05, 3.63) is 47.4 Å². The molecule has 2 N–H and O–H groups in total. The second-order valence-electron chi connectivity index (χ2n) is 5.05. The number of nitrogens with one attached hydrogen (secondary N) is 2. The molecule has 7 nitrogen and oxygen atoms in total. The maximum Gasteiger partial charge on any atom is 2.00 e. The third-order valence-electron chi connectivity index (χ3n) is 3.62. The monoisotopic (exact) mass is 630 g/mol. The van der Waals surface area contributed by atoms with E-state index in [1.54, 1.807) is 29.3 Å².